The van der Waals surface area contributed by atoms with Gasteiger partial charge in [0.2, 0.25) is 0 Å². The molecular formula is C34H28O4. The zero-order valence-corrected chi connectivity index (χ0v) is 21.3. The van der Waals surface area contributed by atoms with Crippen molar-refractivity contribution in [2.24, 2.45) is 0 Å². The number of benzene rings is 4. The Balaban J connectivity index is 1.90. The summed E-state index contributed by atoms with van der Waals surface area (Å²) in [5.41, 5.74) is 3.91. The highest BCUT2D eigenvalue weighted by Gasteiger charge is 2.61. The van der Waals surface area contributed by atoms with Gasteiger partial charge in [-0.1, -0.05) is 121 Å². The third kappa shape index (κ3) is 4.69. The van der Waals surface area contributed by atoms with Gasteiger partial charge in [-0.05, 0) is 17.2 Å². The summed E-state index contributed by atoms with van der Waals surface area (Å²) in [4.78, 5) is 25.2. The molecule has 188 valence electrons. The van der Waals surface area contributed by atoms with Crippen LogP contribution in [0, 0.1) is 0 Å². The minimum atomic E-state index is -1.14. The monoisotopic (exact) mass is 500 g/mol. The molecule has 1 aliphatic rings. The van der Waals surface area contributed by atoms with Gasteiger partial charge in [-0.3, -0.25) is 9.59 Å². The molecule has 2 atom stereocenters. The quantitative estimate of drug-likeness (QED) is 0.206. The highest BCUT2D eigenvalue weighted by Crippen LogP contribution is 2.64. The van der Waals surface area contributed by atoms with Gasteiger partial charge in [0.25, 0.3) is 0 Å². The maximum Gasteiger partial charge on any atom is 0.308 e. The van der Waals surface area contributed by atoms with Crippen LogP contribution in [0.2, 0.25) is 0 Å². The maximum absolute atomic E-state index is 12.8. The Morgan fingerprint density at radius 2 is 1.21 bits per heavy atom. The summed E-state index contributed by atoms with van der Waals surface area (Å²) in [6, 6.07) is 39.1. The highest BCUT2D eigenvalue weighted by atomic mass is 16.6. The second-order valence-electron chi connectivity index (χ2n) is 9.21. The number of hydrogen-bond donors (Lipinski definition) is 0. The van der Waals surface area contributed by atoms with Crippen molar-refractivity contribution in [1.82, 2.24) is 0 Å². The average Bonchev–Trinajstić information content (AvgIpc) is 2.94. The van der Waals surface area contributed by atoms with E-state index in [4.69, 9.17) is 9.47 Å². The zero-order valence-electron chi connectivity index (χ0n) is 21.3. The van der Waals surface area contributed by atoms with Gasteiger partial charge in [-0.2, -0.15) is 0 Å². The molecule has 4 nitrogen and oxygen atoms in total. The summed E-state index contributed by atoms with van der Waals surface area (Å²) in [6.07, 6.45) is 2.02. The Morgan fingerprint density at radius 3 is 1.76 bits per heavy atom. The van der Waals surface area contributed by atoms with Crippen LogP contribution in [0.3, 0.4) is 0 Å². The van der Waals surface area contributed by atoms with Crippen LogP contribution in [0.4, 0.5) is 0 Å². The van der Waals surface area contributed by atoms with Gasteiger partial charge in [0, 0.05) is 36.1 Å². The Hall–Kier alpha value is -4.70. The molecule has 1 saturated carbocycles. The first-order valence-electron chi connectivity index (χ1n) is 12.6. The van der Waals surface area contributed by atoms with Crippen molar-refractivity contribution in [2.75, 3.05) is 0 Å². The highest BCUT2D eigenvalue weighted by molar-refractivity contribution is 5.87. The fourth-order valence-electron chi connectivity index (χ4n) is 5.25. The first kappa shape index (κ1) is 25.0. The Bertz CT molecular complexity index is 1490. The van der Waals surface area contributed by atoms with Crippen LogP contribution in [-0.4, -0.2) is 11.9 Å². The number of ether oxygens (including phenoxy) is 2. The number of carbonyl (C=O) groups is 2. The second kappa shape index (κ2) is 10.7. The molecule has 0 radical (unpaired) electrons. The molecule has 0 N–H and O–H groups in total. The van der Waals surface area contributed by atoms with E-state index >= 15 is 0 Å². The minimum Gasteiger partial charge on any atom is -0.448 e. The molecule has 0 aliphatic heterocycles. The van der Waals surface area contributed by atoms with Crippen LogP contribution in [-0.2, 0) is 24.7 Å². The number of esters is 2. The predicted molar refractivity (Wildman–Crippen MR) is 149 cm³/mol. The molecule has 4 heteroatoms. The first-order chi connectivity index (χ1) is 18.5. The molecule has 0 saturated heterocycles. The topological polar surface area (TPSA) is 52.6 Å². The van der Waals surface area contributed by atoms with Gasteiger partial charge >= 0.3 is 11.9 Å². The summed E-state index contributed by atoms with van der Waals surface area (Å²) in [5.74, 6) is -0.805. The van der Waals surface area contributed by atoms with E-state index in [1.165, 1.54) is 13.8 Å². The zero-order chi connectivity index (χ0) is 26.5. The van der Waals surface area contributed by atoms with E-state index in [9.17, 15) is 9.59 Å². The van der Waals surface area contributed by atoms with Crippen molar-refractivity contribution in [3.8, 4) is 0 Å². The lowest BCUT2D eigenvalue weighted by Crippen LogP contribution is -2.51. The van der Waals surface area contributed by atoms with E-state index in [1.807, 2.05) is 127 Å². The van der Waals surface area contributed by atoms with E-state index < -0.39 is 23.5 Å². The molecule has 0 unspecified atom stereocenters. The number of carbonyl (C=O) groups excluding carboxylic acids is 2. The van der Waals surface area contributed by atoms with Gasteiger partial charge in [-0.25, -0.2) is 0 Å². The number of rotatable bonds is 6. The van der Waals surface area contributed by atoms with Crippen LogP contribution < -0.4 is 0 Å². The molecular weight excluding hydrogens is 472 g/mol. The summed E-state index contributed by atoms with van der Waals surface area (Å²) in [5, 5.41) is 0. The average molecular weight is 501 g/mol. The van der Waals surface area contributed by atoms with E-state index in [0.717, 1.165) is 33.4 Å². The van der Waals surface area contributed by atoms with E-state index in [2.05, 4.69) is 0 Å². The van der Waals surface area contributed by atoms with Crippen molar-refractivity contribution in [1.29, 1.82) is 0 Å². The van der Waals surface area contributed by atoms with E-state index in [-0.39, 0.29) is 0 Å². The normalized spacial score (nSPS) is 20.8. The van der Waals surface area contributed by atoms with Gasteiger partial charge in [0.15, 0.2) is 5.60 Å². The Labute approximate surface area is 222 Å². The molecule has 0 spiro atoms. The van der Waals surface area contributed by atoms with Crippen molar-refractivity contribution >= 4 is 23.8 Å². The lowest BCUT2D eigenvalue weighted by molar-refractivity contribution is -0.159. The first-order valence-corrected chi connectivity index (χ1v) is 12.6. The van der Waals surface area contributed by atoms with Gasteiger partial charge < -0.3 is 9.47 Å². The van der Waals surface area contributed by atoms with Crippen LogP contribution >= 0.6 is 0 Å². The van der Waals surface area contributed by atoms with Crippen molar-refractivity contribution in [3.63, 3.8) is 0 Å². The smallest absolute Gasteiger partial charge is 0.308 e. The summed E-state index contributed by atoms with van der Waals surface area (Å²) < 4.78 is 12.3. The van der Waals surface area contributed by atoms with E-state index in [1.54, 1.807) is 0 Å². The maximum atomic E-state index is 12.8. The summed E-state index contributed by atoms with van der Waals surface area (Å²) in [6.45, 7) is 2.83. The molecule has 4 aromatic carbocycles. The van der Waals surface area contributed by atoms with Crippen molar-refractivity contribution < 1.29 is 19.1 Å². The molecule has 1 aliphatic carbocycles. The Kier molecular flexibility index (Phi) is 7.05. The van der Waals surface area contributed by atoms with Crippen LogP contribution in [0.25, 0.3) is 11.8 Å². The molecule has 5 rings (SSSR count). The molecule has 0 bridgehead atoms. The van der Waals surface area contributed by atoms with Crippen LogP contribution in [0.15, 0.2) is 132 Å². The minimum absolute atomic E-state index is 0.401. The molecule has 0 amide bonds. The van der Waals surface area contributed by atoms with Crippen LogP contribution in [0.5, 0.6) is 0 Å². The molecule has 38 heavy (non-hydrogen) atoms. The van der Waals surface area contributed by atoms with Crippen molar-refractivity contribution in [3.05, 3.63) is 155 Å². The standard InChI is InChI=1S/C34H28O4/c1-24(35)37-33(28-19-11-5-12-20-28)31-30(23-26-15-7-3-8-16-26)34(38-25(2)36,29-21-13-6-14-22-29)32(31)27-17-9-4-10-18-27/h3-23,32H,1-2H3/b30-23-,33-31+/t32-,34-/m0/s1. The fourth-order valence-corrected chi connectivity index (χ4v) is 5.25. The SMILES string of the molecule is CC(=O)O/C(=C1\C(=C\c2ccccc2)[C@@](OC(C)=O)(c2ccccc2)[C@H]1c1ccccc1)c1ccccc1. The third-order valence-corrected chi connectivity index (χ3v) is 6.66. The molecule has 0 aromatic heterocycles. The third-order valence-electron chi connectivity index (χ3n) is 6.66. The largest absolute Gasteiger partial charge is 0.448 e. The molecule has 1 fully saturated rings. The molecule has 0 heterocycles. The summed E-state index contributed by atoms with van der Waals surface area (Å²) >= 11 is 0. The van der Waals surface area contributed by atoms with Crippen LogP contribution in [0.1, 0.15) is 42.0 Å². The lowest BCUT2D eigenvalue weighted by atomic mass is 9.55. The fraction of sp³-hybridized carbons (Fsp3) is 0.118. The number of hydrogen-bond acceptors (Lipinski definition) is 4. The predicted octanol–water partition coefficient (Wildman–Crippen LogP) is 7.30. The van der Waals surface area contributed by atoms with Gasteiger partial charge in [0.1, 0.15) is 5.76 Å². The second-order valence-corrected chi connectivity index (χ2v) is 9.21. The van der Waals surface area contributed by atoms with Gasteiger partial charge in [-0.15, -0.1) is 0 Å². The van der Waals surface area contributed by atoms with Crippen molar-refractivity contribution in [2.45, 2.75) is 25.4 Å². The lowest BCUT2D eigenvalue weighted by Gasteiger charge is -2.53. The summed E-state index contributed by atoms with van der Waals surface area (Å²) in [7, 11) is 0. The van der Waals surface area contributed by atoms with E-state index in [0.29, 0.717) is 5.76 Å². The Morgan fingerprint density at radius 1 is 0.684 bits per heavy atom. The molecule has 4 aromatic rings. The van der Waals surface area contributed by atoms with Gasteiger partial charge in [0.05, 0.1) is 5.92 Å².